The van der Waals surface area contributed by atoms with E-state index in [0.29, 0.717) is 12.3 Å². The Morgan fingerprint density at radius 1 is 1.61 bits per heavy atom. The molecule has 0 fully saturated rings. The fourth-order valence-corrected chi connectivity index (χ4v) is 2.12. The second-order valence-electron chi connectivity index (χ2n) is 5.21. The molecule has 1 aliphatic heterocycles. The van der Waals surface area contributed by atoms with E-state index in [9.17, 15) is 4.79 Å². The third-order valence-corrected chi connectivity index (χ3v) is 3.15. The number of nitrogens with one attached hydrogen (secondary N) is 2. The number of carbonyl (C=O) groups is 1. The van der Waals surface area contributed by atoms with Gasteiger partial charge in [0.1, 0.15) is 0 Å². The molecule has 0 bridgehead atoms. The number of hydrogen-bond donors (Lipinski definition) is 2. The first-order valence-corrected chi connectivity index (χ1v) is 6.67. The summed E-state index contributed by atoms with van der Waals surface area (Å²) in [4.78, 5) is 16.0. The number of nitrogens with zero attached hydrogens (tertiary/aromatic N) is 2. The number of amides is 1. The summed E-state index contributed by atoms with van der Waals surface area (Å²) in [5.74, 6) is 0.626. The van der Waals surface area contributed by atoms with Gasteiger partial charge in [-0.15, -0.1) is 0 Å². The second kappa shape index (κ2) is 6.00. The number of aromatic nitrogens is 2. The van der Waals surface area contributed by atoms with Gasteiger partial charge in [-0.2, -0.15) is 0 Å². The number of imidazole rings is 1. The first kappa shape index (κ1) is 13.1. The van der Waals surface area contributed by atoms with Crippen LogP contribution in [0.15, 0.2) is 6.33 Å². The van der Waals surface area contributed by atoms with Crippen molar-refractivity contribution in [2.45, 2.75) is 39.8 Å². The quantitative estimate of drug-likeness (QED) is 0.808. The molecule has 0 atom stereocenters. The van der Waals surface area contributed by atoms with Crippen LogP contribution in [0.5, 0.6) is 0 Å². The number of carbonyl (C=O) groups excluding carboxylic acids is 1. The number of fused-ring (bicyclic) bond motifs is 1. The van der Waals surface area contributed by atoms with Crippen molar-refractivity contribution in [3.05, 3.63) is 17.7 Å². The van der Waals surface area contributed by atoms with E-state index in [1.165, 1.54) is 5.69 Å². The molecular formula is C13H22N4O. The topological polar surface area (TPSA) is 59.0 Å². The smallest absolute Gasteiger partial charge is 0.221 e. The Morgan fingerprint density at radius 2 is 2.44 bits per heavy atom. The Bertz CT molecular complexity index is 411. The van der Waals surface area contributed by atoms with E-state index in [-0.39, 0.29) is 5.91 Å². The molecule has 1 aromatic rings. The molecule has 0 saturated carbocycles. The van der Waals surface area contributed by atoms with E-state index in [1.54, 1.807) is 0 Å². The normalized spacial score (nSPS) is 14.6. The van der Waals surface area contributed by atoms with Gasteiger partial charge in [-0.1, -0.05) is 13.8 Å². The third-order valence-electron chi connectivity index (χ3n) is 3.15. The minimum absolute atomic E-state index is 0.125. The molecule has 1 amide bonds. The Kier molecular flexibility index (Phi) is 4.36. The van der Waals surface area contributed by atoms with Crippen LogP contribution < -0.4 is 10.6 Å². The van der Waals surface area contributed by atoms with Gasteiger partial charge in [0.2, 0.25) is 5.91 Å². The van der Waals surface area contributed by atoms with Crippen molar-refractivity contribution in [1.29, 1.82) is 0 Å². The zero-order chi connectivity index (χ0) is 13.0. The van der Waals surface area contributed by atoms with Crippen LogP contribution in [0.25, 0.3) is 0 Å². The van der Waals surface area contributed by atoms with Crippen molar-refractivity contribution in [2.75, 3.05) is 13.1 Å². The van der Waals surface area contributed by atoms with Crippen LogP contribution >= 0.6 is 0 Å². The highest BCUT2D eigenvalue weighted by Crippen LogP contribution is 2.12. The average molecular weight is 250 g/mol. The maximum Gasteiger partial charge on any atom is 0.221 e. The Hall–Kier alpha value is -1.36. The fraction of sp³-hybridized carbons (Fsp3) is 0.692. The molecule has 100 valence electrons. The summed E-state index contributed by atoms with van der Waals surface area (Å²) in [6.45, 7) is 7.52. The summed E-state index contributed by atoms with van der Waals surface area (Å²) in [6, 6.07) is 0. The molecule has 0 unspecified atom stereocenters. The monoisotopic (exact) mass is 250 g/mol. The van der Waals surface area contributed by atoms with Crippen molar-refractivity contribution in [3.63, 3.8) is 0 Å². The number of hydrogen-bond acceptors (Lipinski definition) is 3. The molecule has 0 saturated heterocycles. The number of rotatable bonds is 5. The minimum Gasteiger partial charge on any atom is -0.356 e. The molecule has 5 nitrogen and oxygen atoms in total. The summed E-state index contributed by atoms with van der Waals surface area (Å²) < 4.78 is 2.12. The van der Waals surface area contributed by atoms with E-state index in [1.807, 2.05) is 6.33 Å². The summed E-state index contributed by atoms with van der Waals surface area (Å²) in [5.41, 5.74) is 2.41. The maximum absolute atomic E-state index is 11.7. The van der Waals surface area contributed by atoms with Gasteiger partial charge >= 0.3 is 0 Å². The van der Waals surface area contributed by atoms with Crippen LogP contribution in [0.3, 0.4) is 0 Å². The van der Waals surface area contributed by atoms with Gasteiger partial charge < -0.3 is 15.2 Å². The van der Waals surface area contributed by atoms with Crippen LogP contribution in [0.4, 0.5) is 0 Å². The standard InChI is InChI=1S/C13H22N4O/c1-10(2)7-15-13(18)4-6-17-9-16-11-8-14-5-3-12(11)17/h9-10,14H,3-8H2,1-2H3,(H,15,18). The van der Waals surface area contributed by atoms with Crippen LogP contribution in [-0.4, -0.2) is 28.5 Å². The zero-order valence-corrected chi connectivity index (χ0v) is 11.2. The lowest BCUT2D eigenvalue weighted by Crippen LogP contribution is -2.29. The number of aryl methyl sites for hydroxylation is 1. The van der Waals surface area contributed by atoms with Crippen molar-refractivity contribution in [2.24, 2.45) is 5.92 Å². The molecule has 0 radical (unpaired) electrons. The molecule has 0 aliphatic carbocycles. The molecular weight excluding hydrogens is 228 g/mol. The van der Waals surface area contributed by atoms with Crippen LogP contribution in [-0.2, 0) is 24.3 Å². The van der Waals surface area contributed by atoms with Gasteiger partial charge in [0, 0.05) is 44.7 Å². The Morgan fingerprint density at radius 3 is 3.22 bits per heavy atom. The average Bonchev–Trinajstić information content (AvgIpc) is 2.77. The van der Waals surface area contributed by atoms with Gasteiger partial charge in [0.15, 0.2) is 0 Å². The van der Waals surface area contributed by atoms with Gasteiger partial charge in [-0.3, -0.25) is 4.79 Å². The van der Waals surface area contributed by atoms with Crippen molar-refractivity contribution in [3.8, 4) is 0 Å². The minimum atomic E-state index is 0.125. The van der Waals surface area contributed by atoms with E-state index in [0.717, 1.165) is 38.3 Å². The van der Waals surface area contributed by atoms with Gasteiger partial charge in [-0.05, 0) is 5.92 Å². The molecule has 0 aromatic carbocycles. The highest BCUT2D eigenvalue weighted by molar-refractivity contribution is 5.75. The lowest BCUT2D eigenvalue weighted by molar-refractivity contribution is -0.121. The van der Waals surface area contributed by atoms with Crippen LogP contribution in [0, 0.1) is 5.92 Å². The predicted molar refractivity (Wildman–Crippen MR) is 70.1 cm³/mol. The van der Waals surface area contributed by atoms with E-state index in [2.05, 4.69) is 34.0 Å². The largest absolute Gasteiger partial charge is 0.356 e. The third kappa shape index (κ3) is 3.32. The molecule has 0 spiro atoms. The molecule has 2 heterocycles. The Labute approximate surface area is 108 Å². The van der Waals surface area contributed by atoms with Gasteiger partial charge in [0.25, 0.3) is 0 Å². The molecule has 5 heteroatoms. The van der Waals surface area contributed by atoms with Crippen LogP contribution in [0.2, 0.25) is 0 Å². The molecule has 1 aromatic heterocycles. The summed E-state index contributed by atoms with van der Waals surface area (Å²) >= 11 is 0. The zero-order valence-electron chi connectivity index (χ0n) is 11.2. The van der Waals surface area contributed by atoms with Crippen LogP contribution in [0.1, 0.15) is 31.7 Å². The lowest BCUT2D eigenvalue weighted by Gasteiger charge is -2.15. The van der Waals surface area contributed by atoms with E-state index in [4.69, 9.17) is 0 Å². The van der Waals surface area contributed by atoms with Crippen molar-refractivity contribution >= 4 is 5.91 Å². The molecule has 2 rings (SSSR count). The SMILES string of the molecule is CC(C)CNC(=O)CCn1cnc2c1CCNC2. The van der Waals surface area contributed by atoms with E-state index >= 15 is 0 Å². The molecule has 18 heavy (non-hydrogen) atoms. The summed E-state index contributed by atoms with van der Waals surface area (Å²) in [7, 11) is 0. The van der Waals surface area contributed by atoms with E-state index < -0.39 is 0 Å². The first-order valence-electron chi connectivity index (χ1n) is 6.67. The molecule has 2 N–H and O–H groups in total. The highest BCUT2D eigenvalue weighted by atomic mass is 16.1. The highest BCUT2D eigenvalue weighted by Gasteiger charge is 2.15. The predicted octanol–water partition coefficient (Wildman–Crippen LogP) is 0.691. The van der Waals surface area contributed by atoms with Gasteiger partial charge in [0.05, 0.1) is 12.0 Å². The van der Waals surface area contributed by atoms with Gasteiger partial charge in [-0.25, -0.2) is 4.98 Å². The second-order valence-corrected chi connectivity index (χ2v) is 5.21. The maximum atomic E-state index is 11.7. The summed E-state index contributed by atoms with van der Waals surface area (Å²) in [5, 5.41) is 6.24. The summed E-state index contributed by atoms with van der Waals surface area (Å²) in [6.07, 6.45) is 3.39. The van der Waals surface area contributed by atoms with Crippen molar-refractivity contribution < 1.29 is 4.79 Å². The molecule has 1 aliphatic rings. The fourth-order valence-electron chi connectivity index (χ4n) is 2.12. The lowest BCUT2D eigenvalue weighted by atomic mass is 10.2. The first-order chi connectivity index (χ1) is 8.66. The van der Waals surface area contributed by atoms with Crippen molar-refractivity contribution in [1.82, 2.24) is 20.2 Å². The Balaban J connectivity index is 1.83.